The maximum atomic E-state index is 12.2. The van der Waals surface area contributed by atoms with E-state index >= 15 is 0 Å². The third-order valence-corrected chi connectivity index (χ3v) is 3.78. The Morgan fingerprint density at radius 3 is 2.62 bits per heavy atom. The van der Waals surface area contributed by atoms with Crippen molar-refractivity contribution in [2.24, 2.45) is 0 Å². The number of halogens is 3. The molecule has 0 fully saturated rings. The highest BCUT2D eigenvalue weighted by Gasteiger charge is 2.48. The molecule has 2 rings (SSSR count). The highest BCUT2D eigenvalue weighted by Crippen LogP contribution is 2.28. The number of rotatable bonds is 2. The first-order chi connectivity index (χ1) is 9.60. The Morgan fingerprint density at radius 2 is 2.05 bits per heavy atom. The molecule has 0 bridgehead atoms. The minimum atomic E-state index is -5.77. The van der Waals surface area contributed by atoms with Crippen molar-refractivity contribution >= 4 is 16.2 Å². The summed E-state index contributed by atoms with van der Waals surface area (Å²) in [6, 6.07) is 1.07. The van der Waals surface area contributed by atoms with Gasteiger partial charge >= 0.3 is 21.7 Å². The lowest BCUT2D eigenvalue weighted by Gasteiger charge is -2.26. The van der Waals surface area contributed by atoms with Crippen LogP contribution in [-0.4, -0.2) is 41.6 Å². The maximum absolute atomic E-state index is 12.2. The first kappa shape index (κ1) is 15.4. The lowest BCUT2D eigenvalue weighted by Crippen LogP contribution is -2.35. The van der Waals surface area contributed by atoms with Gasteiger partial charge in [-0.2, -0.15) is 21.6 Å². The number of fused-ring (bicyclic) bond motifs is 1. The third kappa shape index (κ3) is 3.17. The van der Waals surface area contributed by atoms with Gasteiger partial charge in [-0.3, -0.25) is 0 Å². The van der Waals surface area contributed by atoms with Crippen LogP contribution in [0.4, 0.5) is 18.0 Å². The molecule has 0 saturated carbocycles. The normalized spacial score (nSPS) is 15.5. The highest BCUT2D eigenvalue weighted by atomic mass is 32.2. The van der Waals surface area contributed by atoms with E-state index in [0.29, 0.717) is 11.1 Å². The molecule has 0 unspecified atom stereocenters. The zero-order valence-corrected chi connectivity index (χ0v) is 11.1. The van der Waals surface area contributed by atoms with Crippen molar-refractivity contribution in [3.05, 3.63) is 23.4 Å². The predicted octanol–water partition coefficient (Wildman–Crippen LogP) is 1.35. The van der Waals surface area contributed by atoms with E-state index in [1.807, 2.05) is 0 Å². The maximum Gasteiger partial charge on any atom is 0.534 e. The van der Waals surface area contributed by atoms with Crippen LogP contribution in [-0.2, 0) is 23.1 Å². The van der Waals surface area contributed by atoms with E-state index in [1.54, 1.807) is 0 Å². The van der Waals surface area contributed by atoms with E-state index in [0.717, 1.165) is 17.2 Å². The van der Waals surface area contributed by atoms with Gasteiger partial charge in [0.25, 0.3) is 0 Å². The number of carboxylic acid groups (broad SMARTS) is 1. The van der Waals surface area contributed by atoms with Gasteiger partial charge in [-0.15, -0.1) is 0 Å². The van der Waals surface area contributed by atoms with Crippen LogP contribution in [0.3, 0.4) is 0 Å². The second-order valence-corrected chi connectivity index (χ2v) is 5.77. The van der Waals surface area contributed by atoms with Crippen LogP contribution in [0.1, 0.15) is 11.1 Å². The van der Waals surface area contributed by atoms with Crippen LogP contribution in [0.25, 0.3) is 0 Å². The second-order valence-electron chi connectivity index (χ2n) is 4.23. The molecule has 2 heterocycles. The number of aromatic nitrogens is 1. The van der Waals surface area contributed by atoms with Gasteiger partial charge in [-0.05, 0) is 17.5 Å². The van der Waals surface area contributed by atoms with E-state index in [4.69, 9.17) is 5.11 Å². The fraction of sp³-hybridized carbons (Fsp3) is 0.400. The molecule has 116 valence electrons. The van der Waals surface area contributed by atoms with E-state index < -0.39 is 27.6 Å². The average Bonchev–Trinajstić information content (AvgIpc) is 2.36. The number of hydrogen-bond acceptors (Lipinski definition) is 5. The number of amides is 1. The molecule has 0 spiro atoms. The average molecular weight is 326 g/mol. The Bertz CT molecular complexity index is 674. The minimum Gasteiger partial charge on any atom is -0.465 e. The summed E-state index contributed by atoms with van der Waals surface area (Å²) in [5, 5.41) is 8.84. The van der Waals surface area contributed by atoms with E-state index in [2.05, 4.69) is 9.17 Å². The molecular weight excluding hydrogens is 317 g/mol. The monoisotopic (exact) mass is 326 g/mol. The summed E-state index contributed by atoms with van der Waals surface area (Å²) in [4.78, 5) is 15.4. The lowest BCUT2D eigenvalue weighted by molar-refractivity contribution is -0.0501. The summed E-state index contributed by atoms with van der Waals surface area (Å²) < 4.78 is 62.2. The van der Waals surface area contributed by atoms with E-state index in [9.17, 15) is 26.4 Å². The molecule has 0 atom stereocenters. The van der Waals surface area contributed by atoms with Crippen LogP contribution < -0.4 is 4.18 Å². The summed E-state index contributed by atoms with van der Waals surface area (Å²) in [6.45, 7) is 0.182. The molecule has 7 nitrogen and oxygen atoms in total. The largest absolute Gasteiger partial charge is 0.534 e. The predicted molar refractivity (Wildman–Crippen MR) is 62.0 cm³/mol. The van der Waals surface area contributed by atoms with E-state index in [1.165, 1.54) is 0 Å². The number of pyridine rings is 1. The van der Waals surface area contributed by atoms with Crippen molar-refractivity contribution in [2.75, 3.05) is 6.54 Å². The number of hydrogen-bond donors (Lipinski definition) is 1. The van der Waals surface area contributed by atoms with Crippen LogP contribution in [0, 0.1) is 0 Å². The molecule has 1 N–H and O–H groups in total. The van der Waals surface area contributed by atoms with Crippen LogP contribution >= 0.6 is 0 Å². The van der Waals surface area contributed by atoms with Crippen molar-refractivity contribution in [1.82, 2.24) is 9.88 Å². The zero-order chi connectivity index (χ0) is 15.8. The quantitative estimate of drug-likeness (QED) is 0.651. The first-order valence-electron chi connectivity index (χ1n) is 5.56. The smallest absolute Gasteiger partial charge is 0.465 e. The van der Waals surface area contributed by atoms with Gasteiger partial charge in [-0.25, -0.2) is 9.78 Å². The van der Waals surface area contributed by atoms with E-state index in [-0.39, 0.29) is 19.5 Å². The lowest BCUT2D eigenvalue weighted by atomic mass is 10.0. The zero-order valence-electron chi connectivity index (χ0n) is 10.3. The Labute approximate surface area is 117 Å². The minimum absolute atomic E-state index is 0.0317. The van der Waals surface area contributed by atoms with Gasteiger partial charge in [0.05, 0.1) is 6.54 Å². The number of alkyl halides is 3. The molecule has 1 aliphatic rings. The van der Waals surface area contributed by atoms with Crippen molar-refractivity contribution in [2.45, 2.75) is 18.5 Å². The standard InChI is InChI=1S/C10H9F3N2O5S/c11-10(12,13)21(18,19)20-8-3-6-1-2-15(9(16)17)5-7(6)4-14-8/h3-4H,1-2,5H2,(H,16,17). The molecule has 1 amide bonds. The molecule has 0 aliphatic carbocycles. The van der Waals surface area contributed by atoms with Crippen molar-refractivity contribution < 1.29 is 35.7 Å². The highest BCUT2D eigenvalue weighted by molar-refractivity contribution is 7.87. The Morgan fingerprint density at radius 1 is 1.38 bits per heavy atom. The fourth-order valence-electron chi connectivity index (χ4n) is 1.79. The first-order valence-corrected chi connectivity index (χ1v) is 6.97. The van der Waals surface area contributed by atoms with Crippen molar-refractivity contribution in [1.29, 1.82) is 0 Å². The van der Waals surface area contributed by atoms with Gasteiger partial charge < -0.3 is 14.2 Å². The number of carbonyl (C=O) groups is 1. The molecule has 0 radical (unpaired) electrons. The van der Waals surface area contributed by atoms with Crippen LogP contribution in [0.2, 0.25) is 0 Å². The van der Waals surface area contributed by atoms with Gasteiger partial charge in [0.1, 0.15) is 0 Å². The van der Waals surface area contributed by atoms with Gasteiger partial charge in [0.15, 0.2) is 0 Å². The molecule has 0 saturated heterocycles. The molecule has 0 aromatic carbocycles. The Kier molecular flexibility index (Phi) is 3.70. The van der Waals surface area contributed by atoms with Gasteiger partial charge in [0, 0.05) is 18.8 Å². The van der Waals surface area contributed by atoms with Gasteiger partial charge in [-0.1, -0.05) is 0 Å². The molecule has 1 aromatic heterocycles. The summed E-state index contributed by atoms with van der Waals surface area (Å²) >= 11 is 0. The van der Waals surface area contributed by atoms with Gasteiger partial charge in [0.2, 0.25) is 5.88 Å². The second kappa shape index (κ2) is 5.06. The molecular formula is C10H9F3N2O5S. The SMILES string of the molecule is O=C(O)N1CCc2cc(OS(=O)(=O)C(F)(F)F)ncc2C1. The summed E-state index contributed by atoms with van der Waals surface area (Å²) in [5.41, 5.74) is -4.56. The summed E-state index contributed by atoms with van der Waals surface area (Å²) in [7, 11) is -5.77. The summed E-state index contributed by atoms with van der Waals surface area (Å²) in [6.07, 6.45) is 0.207. The van der Waals surface area contributed by atoms with Crippen molar-refractivity contribution in [3.8, 4) is 5.88 Å². The Balaban J connectivity index is 2.22. The summed E-state index contributed by atoms with van der Waals surface area (Å²) in [5.74, 6) is -0.699. The Hall–Kier alpha value is -2.04. The topological polar surface area (TPSA) is 96.8 Å². The molecule has 21 heavy (non-hydrogen) atoms. The third-order valence-electron chi connectivity index (χ3n) is 2.82. The van der Waals surface area contributed by atoms with Crippen molar-refractivity contribution in [3.63, 3.8) is 0 Å². The number of nitrogens with zero attached hydrogens (tertiary/aromatic N) is 2. The van der Waals surface area contributed by atoms with Crippen LogP contribution in [0.15, 0.2) is 12.3 Å². The molecule has 11 heteroatoms. The fourth-order valence-corrected chi connectivity index (χ4v) is 2.20. The molecule has 1 aliphatic heterocycles. The van der Waals surface area contributed by atoms with Crippen LogP contribution in [0.5, 0.6) is 5.88 Å². The molecule has 1 aromatic rings.